The zero-order chi connectivity index (χ0) is 13.0. The van der Waals surface area contributed by atoms with Crippen molar-refractivity contribution < 1.29 is 0 Å². The first-order chi connectivity index (χ1) is 9.28. The van der Waals surface area contributed by atoms with Crippen LogP contribution in [0.2, 0.25) is 0 Å². The Hall–Kier alpha value is -0.0400. The number of fused-ring (bicyclic) bond motifs is 1. The van der Waals surface area contributed by atoms with Crippen LogP contribution in [-0.4, -0.2) is 12.1 Å². The Labute approximate surface area is 118 Å². The summed E-state index contributed by atoms with van der Waals surface area (Å²) in [6.07, 6.45) is 11.9. The quantitative estimate of drug-likeness (QED) is 0.754. The molecule has 1 nitrogen and oxygen atoms in total. The van der Waals surface area contributed by atoms with Gasteiger partial charge in [0.05, 0.1) is 0 Å². The highest BCUT2D eigenvalue weighted by molar-refractivity contribution is 5.06. The predicted octanol–water partition coefficient (Wildman–Crippen LogP) is 4.23. The third-order valence-corrected chi connectivity index (χ3v) is 7.36. The van der Waals surface area contributed by atoms with Crippen molar-refractivity contribution in [3.05, 3.63) is 0 Å². The van der Waals surface area contributed by atoms with E-state index in [9.17, 15) is 0 Å². The van der Waals surface area contributed by atoms with Crippen LogP contribution in [0, 0.1) is 35.5 Å². The van der Waals surface area contributed by atoms with Gasteiger partial charge in [-0.1, -0.05) is 26.7 Å². The molecule has 4 fully saturated rings. The van der Waals surface area contributed by atoms with Crippen molar-refractivity contribution in [2.75, 3.05) is 0 Å². The molecule has 108 valence electrons. The van der Waals surface area contributed by atoms with Gasteiger partial charge in [0.25, 0.3) is 0 Å². The molecule has 0 spiro atoms. The second-order valence-electron chi connectivity index (χ2n) is 8.13. The number of hydrogen-bond acceptors (Lipinski definition) is 1. The minimum Gasteiger partial charge on any atom is -0.311 e. The first-order valence-electron chi connectivity index (χ1n) is 9.04. The van der Waals surface area contributed by atoms with E-state index in [0.29, 0.717) is 0 Å². The van der Waals surface area contributed by atoms with Gasteiger partial charge in [-0.15, -0.1) is 0 Å². The zero-order valence-electron chi connectivity index (χ0n) is 12.8. The Morgan fingerprint density at radius 3 is 2.32 bits per heavy atom. The van der Waals surface area contributed by atoms with Crippen LogP contribution in [0.4, 0.5) is 0 Å². The van der Waals surface area contributed by atoms with Crippen molar-refractivity contribution in [1.82, 2.24) is 5.32 Å². The maximum absolute atomic E-state index is 3.96. The molecule has 0 radical (unpaired) electrons. The third-order valence-electron chi connectivity index (χ3n) is 7.36. The van der Waals surface area contributed by atoms with Gasteiger partial charge in [-0.05, 0) is 74.0 Å². The summed E-state index contributed by atoms with van der Waals surface area (Å²) in [4.78, 5) is 0. The Kier molecular flexibility index (Phi) is 3.17. The molecule has 0 aromatic carbocycles. The van der Waals surface area contributed by atoms with Gasteiger partial charge in [0.15, 0.2) is 0 Å². The minimum absolute atomic E-state index is 0.879. The van der Waals surface area contributed by atoms with Gasteiger partial charge in [-0.2, -0.15) is 0 Å². The summed E-state index contributed by atoms with van der Waals surface area (Å²) in [7, 11) is 0. The molecule has 4 aliphatic rings. The summed E-state index contributed by atoms with van der Waals surface area (Å²) < 4.78 is 0. The summed E-state index contributed by atoms with van der Waals surface area (Å²) in [5, 5.41) is 3.96. The normalized spacial score (nSPS) is 47.4. The van der Waals surface area contributed by atoms with E-state index in [1.807, 2.05) is 0 Å². The molecule has 0 saturated heterocycles. The lowest BCUT2D eigenvalue weighted by Crippen LogP contribution is -2.54. The van der Waals surface area contributed by atoms with Crippen molar-refractivity contribution in [2.45, 2.75) is 77.3 Å². The van der Waals surface area contributed by atoms with Crippen LogP contribution in [0.3, 0.4) is 0 Å². The topological polar surface area (TPSA) is 12.0 Å². The van der Waals surface area contributed by atoms with Crippen LogP contribution in [-0.2, 0) is 0 Å². The van der Waals surface area contributed by atoms with Crippen molar-refractivity contribution in [3.8, 4) is 0 Å². The lowest BCUT2D eigenvalue weighted by Gasteiger charge is -2.49. The molecule has 19 heavy (non-hydrogen) atoms. The molecule has 4 saturated carbocycles. The Morgan fingerprint density at radius 2 is 1.89 bits per heavy atom. The van der Waals surface area contributed by atoms with E-state index in [1.54, 1.807) is 12.8 Å². The largest absolute Gasteiger partial charge is 0.311 e. The maximum atomic E-state index is 3.96. The summed E-state index contributed by atoms with van der Waals surface area (Å²) >= 11 is 0. The Bertz CT molecular complexity index is 335. The van der Waals surface area contributed by atoms with Crippen molar-refractivity contribution in [3.63, 3.8) is 0 Å². The number of nitrogens with one attached hydrogen (secondary N) is 1. The Morgan fingerprint density at radius 1 is 1.05 bits per heavy atom. The van der Waals surface area contributed by atoms with Crippen LogP contribution < -0.4 is 5.32 Å². The fraction of sp³-hybridized carbons (Fsp3) is 1.00. The molecule has 0 heterocycles. The standard InChI is InChI=1S/C18H31N/c1-3-14(17-10-12-9-16(12)17)11(2)15-7-8-18(15)19-13-5-4-6-13/h11-19H,3-10H2,1-2H3. The summed E-state index contributed by atoms with van der Waals surface area (Å²) in [6.45, 7) is 5.03. The fourth-order valence-corrected chi connectivity index (χ4v) is 5.51. The van der Waals surface area contributed by atoms with Gasteiger partial charge < -0.3 is 5.32 Å². The lowest BCUT2D eigenvalue weighted by atomic mass is 9.61. The molecule has 7 atom stereocenters. The first kappa shape index (κ1) is 12.7. The molecule has 7 unspecified atom stereocenters. The second kappa shape index (κ2) is 4.76. The molecule has 0 aromatic rings. The molecule has 0 aromatic heterocycles. The molecule has 1 heteroatoms. The molecule has 4 rings (SSSR count). The Balaban J connectivity index is 1.34. The van der Waals surface area contributed by atoms with Gasteiger partial charge in [0.1, 0.15) is 0 Å². The summed E-state index contributed by atoms with van der Waals surface area (Å²) in [5.41, 5.74) is 0. The zero-order valence-corrected chi connectivity index (χ0v) is 12.8. The van der Waals surface area contributed by atoms with Crippen molar-refractivity contribution >= 4 is 0 Å². The SMILES string of the molecule is CCC(C(C)C1CCC1NC1CCC1)C1CC2CC21. The highest BCUT2D eigenvalue weighted by Gasteiger charge is 2.56. The predicted molar refractivity (Wildman–Crippen MR) is 79.9 cm³/mol. The maximum Gasteiger partial charge on any atom is 0.0101 e. The molecule has 0 amide bonds. The van der Waals surface area contributed by atoms with E-state index >= 15 is 0 Å². The van der Waals surface area contributed by atoms with Gasteiger partial charge in [-0.25, -0.2) is 0 Å². The van der Waals surface area contributed by atoms with Gasteiger partial charge in [0, 0.05) is 12.1 Å². The lowest BCUT2D eigenvalue weighted by molar-refractivity contribution is 0.0371. The highest BCUT2D eigenvalue weighted by Crippen LogP contribution is 2.64. The van der Waals surface area contributed by atoms with E-state index in [2.05, 4.69) is 19.2 Å². The monoisotopic (exact) mass is 261 g/mol. The van der Waals surface area contributed by atoms with E-state index < -0.39 is 0 Å². The molecule has 1 N–H and O–H groups in total. The van der Waals surface area contributed by atoms with E-state index in [0.717, 1.165) is 35.8 Å². The molecule has 0 bridgehead atoms. The van der Waals surface area contributed by atoms with Crippen molar-refractivity contribution in [2.24, 2.45) is 35.5 Å². The average molecular weight is 261 g/mol. The number of hydrogen-bond donors (Lipinski definition) is 1. The van der Waals surface area contributed by atoms with E-state index in [4.69, 9.17) is 0 Å². The third kappa shape index (κ3) is 2.07. The van der Waals surface area contributed by atoms with E-state index in [-0.39, 0.29) is 0 Å². The molecule has 0 aliphatic heterocycles. The van der Waals surface area contributed by atoms with Gasteiger partial charge in [0.2, 0.25) is 0 Å². The summed E-state index contributed by atoms with van der Waals surface area (Å²) in [5.74, 6) is 6.49. The number of rotatable bonds is 6. The first-order valence-corrected chi connectivity index (χ1v) is 9.04. The van der Waals surface area contributed by atoms with E-state index in [1.165, 1.54) is 50.4 Å². The van der Waals surface area contributed by atoms with Crippen LogP contribution in [0.1, 0.15) is 65.2 Å². The average Bonchev–Trinajstić information content (AvgIpc) is 2.92. The molecule has 4 aliphatic carbocycles. The molecular formula is C18H31N. The van der Waals surface area contributed by atoms with Crippen LogP contribution in [0.15, 0.2) is 0 Å². The minimum atomic E-state index is 0.879. The summed E-state index contributed by atoms with van der Waals surface area (Å²) in [6, 6.07) is 1.76. The fourth-order valence-electron chi connectivity index (χ4n) is 5.51. The van der Waals surface area contributed by atoms with Crippen LogP contribution >= 0.6 is 0 Å². The van der Waals surface area contributed by atoms with Crippen molar-refractivity contribution in [1.29, 1.82) is 0 Å². The smallest absolute Gasteiger partial charge is 0.0101 e. The van der Waals surface area contributed by atoms with Gasteiger partial charge in [-0.3, -0.25) is 0 Å². The van der Waals surface area contributed by atoms with Gasteiger partial charge >= 0.3 is 0 Å². The second-order valence-corrected chi connectivity index (χ2v) is 8.13. The molecular weight excluding hydrogens is 230 g/mol. The highest BCUT2D eigenvalue weighted by atomic mass is 15.0. The van der Waals surface area contributed by atoms with Crippen LogP contribution in [0.25, 0.3) is 0 Å². The van der Waals surface area contributed by atoms with Crippen LogP contribution in [0.5, 0.6) is 0 Å².